The van der Waals surface area contributed by atoms with E-state index in [1.165, 1.54) is 19.3 Å². The molecule has 0 heterocycles. The van der Waals surface area contributed by atoms with Gasteiger partial charge in [0.15, 0.2) is 11.5 Å². The van der Waals surface area contributed by atoms with Gasteiger partial charge in [-0.25, -0.2) is 0 Å². The zero-order chi connectivity index (χ0) is 19.9. The van der Waals surface area contributed by atoms with Crippen molar-refractivity contribution in [2.24, 2.45) is 5.92 Å². The molecule has 0 saturated carbocycles. The van der Waals surface area contributed by atoms with E-state index in [-0.39, 0.29) is 5.91 Å². The van der Waals surface area contributed by atoms with E-state index in [4.69, 9.17) is 9.47 Å². The van der Waals surface area contributed by atoms with Gasteiger partial charge in [-0.15, -0.1) is 0 Å². The molecule has 1 atom stereocenters. The Kier molecular flexibility index (Phi) is 12.1. The molecule has 0 bridgehead atoms. The van der Waals surface area contributed by atoms with Crippen molar-refractivity contribution >= 4 is 12.0 Å². The molecule has 1 amide bonds. The van der Waals surface area contributed by atoms with Crippen LogP contribution in [0.3, 0.4) is 0 Å². The molecule has 0 aliphatic carbocycles. The van der Waals surface area contributed by atoms with Crippen LogP contribution in [0.15, 0.2) is 24.3 Å². The van der Waals surface area contributed by atoms with Gasteiger partial charge in [-0.05, 0) is 49.5 Å². The van der Waals surface area contributed by atoms with Gasteiger partial charge in [0.2, 0.25) is 5.91 Å². The van der Waals surface area contributed by atoms with E-state index in [1.54, 1.807) is 6.08 Å². The second-order valence-electron chi connectivity index (χ2n) is 6.84. The summed E-state index contributed by atoms with van der Waals surface area (Å²) < 4.78 is 11.5. The van der Waals surface area contributed by atoms with Crippen LogP contribution in [0.5, 0.6) is 11.5 Å². The maximum Gasteiger partial charge on any atom is 0.244 e. The van der Waals surface area contributed by atoms with Gasteiger partial charge in [0.05, 0.1) is 13.2 Å². The van der Waals surface area contributed by atoms with Crippen LogP contribution in [0.25, 0.3) is 6.08 Å². The number of hydrogen-bond donors (Lipinski definition) is 1. The summed E-state index contributed by atoms with van der Waals surface area (Å²) >= 11 is 0. The molecule has 1 aromatic carbocycles. The normalized spacial score (nSPS) is 12.1. The summed E-state index contributed by atoms with van der Waals surface area (Å²) in [7, 11) is 0. The molecular weight excluding hydrogens is 338 g/mol. The predicted octanol–water partition coefficient (Wildman–Crippen LogP) is 5.61. The first kappa shape index (κ1) is 23.1. The van der Waals surface area contributed by atoms with Crippen LogP contribution < -0.4 is 14.8 Å². The van der Waals surface area contributed by atoms with E-state index < -0.39 is 0 Å². The van der Waals surface area contributed by atoms with Crippen LogP contribution in [0.2, 0.25) is 0 Å². The molecule has 0 aliphatic heterocycles. The van der Waals surface area contributed by atoms with E-state index in [2.05, 4.69) is 26.1 Å². The molecule has 1 aromatic rings. The maximum atomic E-state index is 12.1. The van der Waals surface area contributed by atoms with E-state index in [1.807, 2.05) is 31.2 Å². The summed E-state index contributed by atoms with van der Waals surface area (Å²) in [5.74, 6) is 1.99. The van der Waals surface area contributed by atoms with Crippen molar-refractivity contribution in [1.82, 2.24) is 5.32 Å². The van der Waals surface area contributed by atoms with Crippen LogP contribution >= 0.6 is 0 Å². The summed E-state index contributed by atoms with van der Waals surface area (Å²) in [6.45, 7) is 10.5. The Morgan fingerprint density at radius 2 is 1.85 bits per heavy atom. The SMILES string of the molecule is CCCCOc1ccc(/C=C/C(=O)NCC(CC)CCCC)cc1OCC. The van der Waals surface area contributed by atoms with E-state index in [0.717, 1.165) is 42.9 Å². The Hall–Kier alpha value is -1.97. The fraction of sp³-hybridized carbons (Fsp3) is 0.609. The lowest BCUT2D eigenvalue weighted by Gasteiger charge is -2.14. The highest BCUT2D eigenvalue weighted by molar-refractivity contribution is 5.91. The Labute approximate surface area is 165 Å². The van der Waals surface area contributed by atoms with Crippen LogP contribution in [-0.4, -0.2) is 25.7 Å². The molecule has 152 valence electrons. The van der Waals surface area contributed by atoms with Crippen molar-refractivity contribution in [2.75, 3.05) is 19.8 Å². The smallest absolute Gasteiger partial charge is 0.244 e. The Morgan fingerprint density at radius 1 is 1.07 bits per heavy atom. The Bertz CT molecular complexity index is 569. The number of benzene rings is 1. The van der Waals surface area contributed by atoms with Crippen molar-refractivity contribution in [2.45, 2.75) is 66.2 Å². The number of hydrogen-bond acceptors (Lipinski definition) is 3. The number of nitrogens with one attached hydrogen (secondary N) is 1. The number of rotatable bonds is 14. The average molecular weight is 376 g/mol. The third kappa shape index (κ3) is 9.50. The molecule has 1 N–H and O–H groups in total. The first-order chi connectivity index (χ1) is 13.1. The molecule has 4 nitrogen and oxygen atoms in total. The van der Waals surface area contributed by atoms with Gasteiger partial charge in [0.1, 0.15) is 0 Å². The fourth-order valence-corrected chi connectivity index (χ4v) is 2.76. The minimum absolute atomic E-state index is 0.0498. The molecule has 4 heteroatoms. The van der Waals surface area contributed by atoms with Gasteiger partial charge >= 0.3 is 0 Å². The first-order valence-electron chi connectivity index (χ1n) is 10.5. The third-order valence-corrected chi connectivity index (χ3v) is 4.56. The average Bonchev–Trinajstić information content (AvgIpc) is 2.68. The fourth-order valence-electron chi connectivity index (χ4n) is 2.76. The van der Waals surface area contributed by atoms with Gasteiger partial charge in [-0.1, -0.05) is 52.5 Å². The molecular formula is C23H37NO3. The van der Waals surface area contributed by atoms with Crippen molar-refractivity contribution in [3.05, 3.63) is 29.8 Å². The topological polar surface area (TPSA) is 47.6 Å². The minimum atomic E-state index is -0.0498. The lowest BCUT2D eigenvalue weighted by molar-refractivity contribution is -0.116. The van der Waals surface area contributed by atoms with E-state index in [0.29, 0.717) is 19.1 Å². The number of carbonyl (C=O) groups excluding carboxylic acids is 1. The van der Waals surface area contributed by atoms with Crippen LogP contribution in [0, 0.1) is 5.92 Å². The molecule has 27 heavy (non-hydrogen) atoms. The molecule has 0 radical (unpaired) electrons. The quantitative estimate of drug-likeness (QED) is 0.339. The highest BCUT2D eigenvalue weighted by atomic mass is 16.5. The van der Waals surface area contributed by atoms with Gasteiger partial charge in [0, 0.05) is 12.6 Å². The van der Waals surface area contributed by atoms with Crippen LogP contribution in [-0.2, 0) is 4.79 Å². The highest BCUT2D eigenvalue weighted by Crippen LogP contribution is 2.29. The summed E-state index contributed by atoms with van der Waals surface area (Å²) in [5, 5.41) is 3.02. The molecule has 0 spiro atoms. The number of amides is 1. The molecule has 1 rings (SSSR count). The second-order valence-corrected chi connectivity index (χ2v) is 6.84. The summed E-state index contributed by atoms with van der Waals surface area (Å²) in [6.07, 6.45) is 10.2. The zero-order valence-corrected chi connectivity index (χ0v) is 17.6. The van der Waals surface area contributed by atoms with Gasteiger partial charge in [-0.3, -0.25) is 4.79 Å². The largest absolute Gasteiger partial charge is 0.490 e. The second kappa shape index (κ2) is 14.1. The van der Waals surface area contributed by atoms with Crippen LogP contribution in [0.1, 0.15) is 71.8 Å². The van der Waals surface area contributed by atoms with Gasteiger partial charge < -0.3 is 14.8 Å². The van der Waals surface area contributed by atoms with E-state index >= 15 is 0 Å². The Balaban J connectivity index is 2.62. The van der Waals surface area contributed by atoms with Crippen molar-refractivity contribution in [3.8, 4) is 11.5 Å². The van der Waals surface area contributed by atoms with E-state index in [9.17, 15) is 4.79 Å². The maximum absolute atomic E-state index is 12.1. The lowest BCUT2D eigenvalue weighted by atomic mass is 9.99. The van der Waals surface area contributed by atoms with Crippen molar-refractivity contribution < 1.29 is 14.3 Å². The molecule has 0 saturated heterocycles. The van der Waals surface area contributed by atoms with Crippen LogP contribution in [0.4, 0.5) is 0 Å². The lowest BCUT2D eigenvalue weighted by Crippen LogP contribution is -2.27. The highest BCUT2D eigenvalue weighted by Gasteiger charge is 2.08. The Morgan fingerprint density at radius 3 is 2.52 bits per heavy atom. The number of ether oxygens (including phenoxy) is 2. The number of unbranched alkanes of at least 4 members (excludes halogenated alkanes) is 2. The monoisotopic (exact) mass is 375 g/mol. The standard InChI is InChI=1S/C23H37NO3/c1-5-9-11-19(7-3)18-24-23(25)15-13-20-12-14-21(27-16-10-6-2)22(17-20)26-8-4/h12-15,17,19H,5-11,16,18H2,1-4H3,(H,24,25)/b15-13+. The zero-order valence-electron chi connectivity index (χ0n) is 17.6. The molecule has 0 aromatic heterocycles. The third-order valence-electron chi connectivity index (χ3n) is 4.56. The summed E-state index contributed by atoms with van der Waals surface area (Å²) in [6, 6.07) is 5.78. The molecule has 0 fully saturated rings. The summed E-state index contributed by atoms with van der Waals surface area (Å²) in [5.41, 5.74) is 0.925. The first-order valence-corrected chi connectivity index (χ1v) is 10.5. The molecule has 0 aliphatic rings. The number of carbonyl (C=O) groups is 1. The van der Waals surface area contributed by atoms with Gasteiger partial charge in [-0.2, -0.15) is 0 Å². The van der Waals surface area contributed by atoms with Crippen molar-refractivity contribution in [1.29, 1.82) is 0 Å². The summed E-state index contributed by atoms with van der Waals surface area (Å²) in [4.78, 5) is 12.1. The van der Waals surface area contributed by atoms with Gasteiger partial charge in [0.25, 0.3) is 0 Å². The molecule has 1 unspecified atom stereocenters. The van der Waals surface area contributed by atoms with Crippen molar-refractivity contribution in [3.63, 3.8) is 0 Å². The predicted molar refractivity (Wildman–Crippen MR) is 113 cm³/mol. The minimum Gasteiger partial charge on any atom is -0.490 e.